The van der Waals surface area contributed by atoms with Crippen LogP contribution in [0.3, 0.4) is 0 Å². The predicted octanol–water partition coefficient (Wildman–Crippen LogP) is 2.19. The molecule has 0 spiro atoms. The number of carbonyl (C=O) groups excluding carboxylic acids is 1. The Kier molecular flexibility index (Phi) is 5.18. The molecule has 0 bridgehead atoms. The van der Waals surface area contributed by atoms with Gasteiger partial charge in [-0.3, -0.25) is 9.59 Å². The first-order chi connectivity index (χ1) is 8.86. The zero-order chi connectivity index (χ0) is 14.6. The molecule has 1 aromatic rings. The number of ether oxygens (including phenoxy) is 1. The monoisotopic (exact) mass is 285 g/mol. The predicted molar refractivity (Wildman–Crippen MR) is 71.7 cm³/mol. The molecule has 0 heterocycles. The Morgan fingerprint density at radius 1 is 1.37 bits per heavy atom. The van der Waals surface area contributed by atoms with Crippen LogP contribution in [0.5, 0.6) is 5.75 Å². The van der Waals surface area contributed by atoms with E-state index in [4.69, 9.17) is 21.4 Å². The van der Waals surface area contributed by atoms with Crippen molar-refractivity contribution in [3.05, 3.63) is 28.8 Å². The molecule has 0 aliphatic heterocycles. The number of hydrogen-bond donors (Lipinski definition) is 2. The summed E-state index contributed by atoms with van der Waals surface area (Å²) in [5.74, 6) is -1.68. The second kappa shape index (κ2) is 6.43. The van der Waals surface area contributed by atoms with Crippen LogP contribution in [0.4, 0.5) is 0 Å². The summed E-state index contributed by atoms with van der Waals surface area (Å²) in [4.78, 5) is 22.9. The summed E-state index contributed by atoms with van der Waals surface area (Å²) >= 11 is 5.84. The summed E-state index contributed by atoms with van der Waals surface area (Å²) in [7, 11) is 1.45. The zero-order valence-corrected chi connectivity index (χ0v) is 11.7. The molecule has 1 amide bonds. The van der Waals surface area contributed by atoms with Crippen LogP contribution in [0.2, 0.25) is 5.02 Å². The van der Waals surface area contributed by atoms with E-state index in [9.17, 15) is 9.59 Å². The number of benzene rings is 1. The van der Waals surface area contributed by atoms with Gasteiger partial charge in [-0.1, -0.05) is 11.6 Å². The molecule has 0 fully saturated rings. The van der Waals surface area contributed by atoms with Crippen molar-refractivity contribution in [2.45, 2.75) is 19.9 Å². The van der Waals surface area contributed by atoms with Crippen LogP contribution in [-0.4, -0.2) is 30.1 Å². The molecule has 0 aliphatic carbocycles. The Bertz CT molecular complexity index is 490. The van der Waals surface area contributed by atoms with E-state index >= 15 is 0 Å². The summed E-state index contributed by atoms with van der Waals surface area (Å²) in [5, 5.41) is 11.9. The second-order valence-electron chi connectivity index (χ2n) is 4.23. The third-order valence-electron chi connectivity index (χ3n) is 2.90. The Hall–Kier alpha value is -1.75. The van der Waals surface area contributed by atoms with Crippen molar-refractivity contribution in [2.24, 2.45) is 5.92 Å². The summed E-state index contributed by atoms with van der Waals surface area (Å²) in [6, 6.07) is 4.17. The molecular formula is C13H16ClNO4. The highest BCUT2D eigenvalue weighted by molar-refractivity contribution is 6.31. The van der Waals surface area contributed by atoms with E-state index in [2.05, 4.69) is 5.32 Å². The maximum atomic E-state index is 12.1. The van der Waals surface area contributed by atoms with E-state index in [1.54, 1.807) is 19.1 Å². The molecule has 0 aromatic heterocycles. The van der Waals surface area contributed by atoms with Gasteiger partial charge in [-0.05, 0) is 32.0 Å². The normalized spacial score (nSPS) is 13.5. The van der Waals surface area contributed by atoms with E-state index in [0.29, 0.717) is 10.8 Å². The lowest BCUT2D eigenvalue weighted by atomic mass is 10.0. The van der Waals surface area contributed by atoms with E-state index < -0.39 is 23.8 Å². The standard InChI is InChI=1S/C13H16ClNO4/c1-7(13(17)18)8(2)15-12(16)10-6-9(14)4-5-11(10)19-3/h4-8H,1-3H3,(H,15,16)(H,17,18). The van der Waals surface area contributed by atoms with Crippen LogP contribution in [0.1, 0.15) is 24.2 Å². The fraction of sp³-hybridized carbons (Fsp3) is 0.385. The van der Waals surface area contributed by atoms with Gasteiger partial charge in [0.1, 0.15) is 5.75 Å². The minimum absolute atomic E-state index is 0.277. The summed E-state index contributed by atoms with van der Waals surface area (Å²) in [6.07, 6.45) is 0. The van der Waals surface area contributed by atoms with Gasteiger partial charge in [0.25, 0.3) is 5.91 Å². The molecular weight excluding hydrogens is 270 g/mol. The van der Waals surface area contributed by atoms with Crippen molar-refractivity contribution in [1.82, 2.24) is 5.32 Å². The molecule has 1 aromatic carbocycles. The number of carboxylic acid groups (broad SMARTS) is 1. The molecule has 6 heteroatoms. The van der Waals surface area contributed by atoms with E-state index in [-0.39, 0.29) is 5.56 Å². The van der Waals surface area contributed by atoms with Gasteiger partial charge in [-0.15, -0.1) is 0 Å². The van der Waals surface area contributed by atoms with Crippen LogP contribution in [0.15, 0.2) is 18.2 Å². The largest absolute Gasteiger partial charge is 0.496 e. The summed E-state index contributed by atoms with van der Waals surface area (Å²) in [5.41, 5.74) is 0.277. The maximum absolute atomic E-state index is 12.1. The number of carbonyl (C=O) groups is 2. The van der Waals surface area contributed by atoms with Crippen molar-refractivity contribution >= 4 is 23.5 Å². The maximum Gasteiger partial charge on any atom is 0.308 e. The summed E-state index contributed by atoms with van der Waals surface area (Å²) in [6.45, 7) is 3.16. The first kappa shape index (κ1) is 15.3. The number of hydrogen-bond acceptors (Lipinski definition) is 3. The lowest BCUT2D eigenvalue weighted by molar-refractivity contribution is -0.141. The van der Waals surface area contributed by atoms with Crippen molar-refractivity contribution < 1.29 is 19.4 Å². The first-order valence-corrected chi connectivity index (χ1v) is 6.11. The van der Waals surface area contributed by atoms with Gasteiger partial charge in [0.2, 0.25) is 0 Å². The molecule has 2 atom stereocenters. The highest BCUT2D eigenvalue weighted by Crippen LogP contribution is 2.22. The highest BCUT2D eigenvalue weighted by atomic mass is 35.5. The van der Waals surface area contributed by atoms with E-state index in [0.717, 1.165) is 0 Å². The zero-order valence-electron chi connectivity index (χ0n) is 10.9. The van der Waals surface area contributed by atoms with Gasteiger partial charge in [0, 0.05) is 11.1 Å². The van der Waals surface area contributed by atoms with Crippen molar-refractivity contribution in [2.75, 3.05) is 7.11 Å². The van der Waals surface area contributed by atoms with Crippen LogP contribution >= 0.6 is 11.6 Å². The van der Waals surface area contributed by atoms with Crippen LogP contribution in [-0.2, 0) is 4.79 Å². The van der Waals surface area contributed by atoms with Crippen LogP contribution in [0.25, 0.3) is 0 Å². The molecule has 1 rings (SSSR count). The first-order valence-electron chi connectivity index (χ1n) is 5.74. The fourth-order valence-electron chi connectivity index (χ4n) is 1.48. The van der Waals surface area contributed by atoms with Crippen molar-refractivity contribution in [1.29, 1.82) is 0 Å². The minimum Gasteiger partial charge on any atom is -0.496 e. The van der Waals surface area contributed by atoms with Crippen LogP contribution < -0.4 is 10.1 Å². The minimum atomic E-state index is -0.967. The molecule has 0 radical (unpaired) electrons. The third kappa shape index (κ3) is 3.86. The molecule has 5 nitrogen and oxygen atoms in total. The SMILES string of the molecule is COc1ccc(Cl)cc1C(=O)NC(C)C(C)C(=O)O. The van der Waals surface area contributed by atoms with E-state index in [1.807, 2.05) is 0 Å². The van der Waals surface area contributed by atoms with Gasteiger partial charge >= 0.3 is 5.97 Å². The molecule has 0 saturated heterocycles. The fourth-order valence-corrected chi connectivity index (χ4v) is 1.65. The average Bonchev–Trinajstić information content (AvgIpc) is 2.37. The topological polar surface area (TPSA) is 75.6 Å². The van der Waals surface area contributed by atoms with Crippen molar-refractivity contribution in [3.8, 4) is 5.75 Å². The van der Waals surface area contributed by atoms with Crippen LogP contribution in [0, 0.1) is 5.92 Å². The highest BCUT2D eigenvalue weighted by Gasteiger charge is 2.22. The van der Waals surface area contributed by atoms with Gasteiger partial charge < -0.3 is 15.2 Å². The molecule has 2 N–H and O–H groups in total. The Labute approximate surface area is 116 Å². The Morgan fingerprint density at radius 2 is 2.00 bits per heavy atom. The number of carboxylic acids is 1. The van der Waals surface area contributed by atoms with E-state index in [1.165, 1.54) is 20.1 Å². The lowest BCUT2D eigenvalue weighted by Crippen LogP contribution is -2.40. The number of amides is 1. The average molecular weight is 286 g/mol. The number of nitrogens with one attached hydrogen (secondary N) is 1. The van der Waals surface area contributed by atoms with Gasteiger partial charge in [-0.25, -0.2) is 0 Å². The third-order valence-corrected chi connectivity index (χ3v) is 3.14. The summed E-state index contributed by atoms with van der Waals surface area (Å²) < 4.78 is 5.08. The molecule has 0 saturated carbocycles. The second-order valence-corrected chi connectivity index (χ2v) is 4.67. The van der Waals surface area contributed by atoms with Gasteiger partial charge in [0.05, 0.1) is 18.6 Å². The lowest BCUT2D eigenvalue weighted by Gasteiger charge is -2.18. The quantitative estimate of drug-likeness (QED) is 0.869. The van der Waals surface area contributed by atoms with Crippen molar-refractivity contribution in [3.63, 3.8) is 0 Å². The smallest absolute Gasteiger partial charge is 0.308 e. The Morgan fingerprint density at radius 3 is 2.53 bits per heavy atom. The Balaban J connectivity index is 2.89. The van der Waals surface area contributed by atoms with Gasteiger partial charge in [0.15, 0.2) is 0 Å². The number of halogens is 1. The molecule has 19 heavy (non-hydrogen) atoms. The molecule has 0 aliphatic rings. The number of methoxy groups -OCH3 is 1. The number of aliphatic carboxylic acids is 1. The molecule has 2 unspecified atom stereocenters. The number of rotatable bonds is 5. The van der Waals surface area contributed by atoms with Gasteiger partial charge in [-0.2, -0.15) is 0 Å². The molecule has 104 valence electrons.